The van der Waals surface area contributed by atoms with E-state index in [-0.39, 0.29) is 30.9 Å². The highest BCUT2D eigenvalue weighted by Crippen LogP contribution is 2.37. The highest BCUT2D eigenvalue weighted by atomic mass is 16.7. The molecule has 312 valence electrons. The molecular weight excluding hydrogens is 704 g/mol. The molecule has 14 atom stereocenters. The van der Waals surface area contributed by atoms with Crippen LogP contribution in [-0.4, -0.2) is 146 Å². The molecule has 0 amide bonds. The number of fused-ring (bicyclic) bond motifs is 1. The van der Waals surface area contributed by atoms with Crippen LogP contribution in [0.5, 0.6) is 0 Å². The largest absolute Gasteiger partial charge is 0.459 e. The van der Waals surface area contributed by atoms with Crippen LogP contribution in [0.4, 0.5) is 0 Å². The van der Waals surface area contributed by atoms with Crippen LogP contribution in [0.3, 0.4) is 0 Å². The number of aromatic nitrogens is 1. The Bertz CT molecular complexity index is 1510. The van der Waals surface area contributed by atoms with Gasteiger partial charge in [-0.3, -0.25) is 14.7 Å². The number of pyridine rings is 1. The molecule has 2 aliphatic rings. The molecule has 2 saturated heterocycles. The molecular formula is C42H70N4O9. The first-order valence-corrected chi connectivity index (χ1v) is 20.2. The standard InChI is InChI=1S/C42H70N4O9/c1-11-34-42(8,52)37(49)29(6)46(18-14-17-43-22-30-20-31-15-12-13-16-32(31)44-23-30)24-25(2)21-41(7,51)38(27(4)35(47)28(5)39(50)54-34)55-40-36(48)33(45(9)10)19-26(3)53-40/h12-13,15-16,20,23,25-29,33-38,40,43,47-49,51-52H,11,14,17-19,21-22,24H2,1-10H3/t25-,26-,27+,28-,29-,33+,34-,35+,36-,37-,38-,40+,41-,42-/m1/s1. The summed E-state index contributed by atoms with van der Waals surface area (Å²) in [5.41, 5.74) is -1.34. The number of para-hydroxylation sites is 1. The molecule has 13 nitrogen and oxygen atoms in total. The summed E-state index contributed by atoms with van der Waals surface area (Å²) in [4.78, 5) is 22.2. The quantitative estimate of drug-likeness (QED) is 0.154. The third kappa shape index (κ3) is 11.2. The summed E-state index contributed by atoms with van der Waals surface area (Å²) in [5, 5.41) is 63.6. The lowest BCUT2D eigenvalue weighted by molar-refractivity contribution is -0.299. The van der Waals surface area contributed by atoms with Gasteiger partial charge < -0.3 is 50.0 Å². The van der Waals surface area contributed by atoms with E-state index in [4.69, 9.17) is 14.2 Å². The Hall–Kier alpha value is -2.30. The minimum atomic E-state index is -1.81. The van der Waals surface area contributed by atoms with E-state index in [2.05, 4.69) is 21.3 Å². The second kappa shape index (κ2) is 19.4. The first-order chi connectivity index (χ1) is 25.8. The Morgan fingerprint density at radius 3 is 2.42 bits per heavy atom. The van der Waals surface area contributed by atoms with Crippen molar-refractivity contribution in [3.63, 3.8) is 0 Å². The molecule has 2 fully saturated rings. The number of benzene rings is 1. The van der Waals surface area contributed by atoms with Gasteiger partial charge in [-0.1, -0.05) is 39.0 Å². The van der Waals surface area contributed by atoms with Crippen LogP contribution in [0.1, 0.15) is 86.6 Å². The highest BCUT2D eigenvalue weighted by Gasteiger charge is 2.50. The zero-order valence-electron chi connectivity index (χ0n) is 34.8. The van der Waals surface area contributed by atoms with E-state index in [1.165, 1.54) is 6.92 Å². The summed E-state index contributed by atoms with van der Waals surface area (Å²) < 4.78 is 18.5. The van der Waals surface area contributed by atoms with Crippen molar-refractivity contribution in [3.8, 4) is 0 Å². The van der Waals surface area contributed by atoms with E-state index in [0.717, 1.165) is 22.9 Å². The van der Waals surface area contributed by atoms with Gasteiger partial charge in [0.1, 0.15) is 23.9 Å². The van der Waals surface area contributed by atoms with Gasteiger partial charge in [0.15, 0.2) is 6.29 Å². The number of ether oxygens (including phenoxy) is 3. The third-order valence-corrected chi connectivity index (χ3v) is 12.1. The molecule has 0 radical (unpaired) electrons. The number of aliphatic hydroxyl groups excluding tert-OH is 3. The Morgan fingerprint density at radius 1 is 1.05 bits per heavy atom. The molecule has 2 aliphatic heterocycles. The molecule has 0 saturated carbocycles. The van der Waals surface area contributed by atoms with Crippen molar-refractivity contribution in [2.24, 2.45) is 17.8 Å². The van der Waals surface area contributed by atoms with Crippen molar-refractivity contribution < 1.29 is 44.5 Å². The number of rotatable bonds is 10. The van der Waals surface area contributed by atoms with E-state index in [1.54, 1.807) is 27.7 Å². The first-order valence-electron chi connectivity index (χ1n) is 20.2. The summed E-state index contributed by atoms with van der Waals surface area (Å²) in [5.74, 6) is -2.79. The van der Waals surface area contributed by atoms with E-state index in [9.17, 15) is 30.3 Å². The van der Waals surface area contributed by atoms with Gasteiger partial charge in [-0.2, -0.15) is 0 Å². The van der Waals surface area contributed by atoms with Crippen LogP contribution in [0, 0.1) is 17.8 Å². The number of carbonyl (C=O) groups excluding carboxylic acids is 1. The van der Waals surface area contributed by atoms with Gasteiger partial charge in [0.25, 0.3) is 0 Å². The SMILES string of the molecule is CC[C@H]1OC(=O)[C@H](C)[C@@H](O)[C@H](C)[C@@H](O[C@@H]2O[C@H](C)C[C@H](N(C)C)[C@H]2O)[C@](C)(O)C[C@@H](C)CN(CCCNCc2cnc3ccccc3c2)[C@H](C)[C@@H](O)[C@]1(C)O. The molecule has 55 heavy (non-hydrogen) atoms. The smallest absolute Gasteiger partial charge is 0.311 e. The number of nitrogens with zero attached hydrogens (tertiary/aromatic N) is 3. The van der Waals surface area contributed by atoms with Gasteiger partial charge in [0.05, 0.1) is 35.3 Å². The third-order valence-electron chi connectivity index (χ3n) is 12.1. The molecule has 13 heteroatoms. The molecule has 6 N–H and O–H groups in total. The van der Waals surface area contributed by atoms with Crippen molar-refractivity contribution in [1.29, 1.82) is 0 Å². The van der Waals surface area contributed by atoms with Crippen molar-refractivity contribution in [3.05, 3.63) is 42.1 Å². The van der Waals surface area contributed by atoms with Crippen LogP contribution >= 0.6 is 0 Å². The Balaban J connectivity index is 1.59. The Kier molecular flexibility index (Phi) is 16.0. The molecule has 4 rings (SSSR count). The number of likely N-dealkylation sites (N-methyl/N-ethyl adjacent to an activating group) is 1. The van der Waals surface area contributed by atoms with Crippen molar-refractivity contribution in [2.45, 2.75) is 154 Å². The second-order valence-electron chi connectivity index (χ2n) is 17.2. The molecule has 0 aliphatic carbocycles. The second-order valence-corrected chi connectivity index (χ2v) is 17.2. The lowest BCUT2D eigenvalue weighted by Gasteiger charge is -2.46. The fraction of sp³-hybridized carbons (Fsp3) is 0.762. The van der Waals surface area contributed by atoms with Gasteiger partial charge in [-0.25, -0.2) is 0 Å². The summed E-state index contributed by atoms with van der Waals surface area (Å²) in [7, 11) is 3.77. The summed E-state index contributed by atoms with van der Waals surface area (Å²) in [6.07, 6.45) is -3.45. The molecule has 1 aromatic heterocycles. The van der Waals surface area contributed by atoms with Crippen molar-refractivity contribution >= 4 is 16.9 Å². The zero-order valence-corrected chi connectivity index (χ0v) is 34.8. The number of carbonyl (C=O) groups is 1. The van der Waals surface area contributed by atoms with Crippen LogP contribution in [0.25, 0.3) is 10.9 Å². The first kappa shape index (κ1) is 45.4. The summed E-state index contributed by atoms with van der Waals surface area (Å²) in [6.45, 7) is 16.3. The Morgan fingerprint density at radius 2 is 1.75 bits per heavy atom. The maximum atomic E-state index is 13.6. The average molecular weight is 775 g/mol. The number of aliphatic hydroxyl groups is 5. The van der Waals surface area contributed by atoms with Crippen molar-refractivity contribution in [2.75, 3.05) is 33.7 Å². The number of nitrogens with one attached hydrogen (secondary N) is 1. The number of hydrogen-bond acceptors (Lipinski definition) is 13. The van der Waals surface area contributed by atoms with E-state index < -0.39 is 71.9 Å². The van der Waals surface area contributed by atoms with Gasteiger partial charge in [-0.05, 0) is 111 Å². The monoisotopic (exact) mass is 775 g/mol. The minimum Gasteiger partial charge on any atom is -0.459 e. The average Bonchev–Trinajstić information content (AvgIpc) is 3.13. The van der Waals surface area contributed by atoms with Gasteiger partial charge in [0, 0.05) is 42.7 Å². The molecule has 2 aromatic rings. The van der Waals surface area contributed by atoms with Crippen LogP contribution in [0.2, 0.25) is 0 Å². The number of hydrogen-bond donors (Lipinski definition) is 6. The van der Waals surface area contributed by atoms with E-state index in [0.29, 0.717) is 32.6 Å². The van der Waals surface area contributed by atoms with Crippen LogP contribution < -0.4 is 5.32 Å². The fourth-order valence-corrected chi connectivity index (χ4v) is 8.75. The molecule has 1 aromatic carbocycles. The predicted octanol–water partition coefficient (Wildman–Crippen LogP) is 3.07. The van der Waals surface area contributed by atoms with Gasteiger partial charge in [-0.15, -0.1) is 0 Å². The minimum absolute atomic E-state index is 0.158. The topological polar surface area (TPSA) is 177 Å². The van der Waals surface area contributed by atoms with E-state index in [1.807, 2.05) is 70.2 Å². The van der Waals surface area contributed by atoms with Gasteiger partial charge >= 0.3 is 5.97 Å². The highest BCUT2D eigenvalue weighted by molar-refractivity contribution is 5.78. The lowest BCUT2D eigenvalue weighted by Crippen LogP contribution is -2.59. The molecule has 0 bridgehead atoms. The lowest BCUT2D eigenvalue weighted by atomic mass is 9.78. The fourth-order valence-electron chi connectivity index (χ4n) is 8.75. The van der Waals surface area contributed by atoms with Crippen LogP contribution in [0.15, 0.2) is 36.5 Å². The predicted molar refractivity (Wildman–Crippen MR) is 212 cm³/mol. The summed E-state index contributed by atoms with van der Waals surface area (Å²) >= 11 is 0. The van der Waals surface area contributed by atoms with Gasteiger partial charge in [0.2, 0.25) is 0 Å². The molecule has 3 heterocycles. The maximum Gasteiger partial charge on any atom is 0.311 e. The maximum absolute atomic E-state index is 13.6. The number of cyclic esters (lactones) is 1. The molecule has 0 spiro atoms. The normalized spacial score (nSPS) is 39.1. The number of esters is 1. The van der Waals surface area contributed by atoms with Crippen molar-refractivity contribution in [1.82, 2.24) is 20.1 Å². The van der Waals surface area contributed by atoms with E-state index >= 15 is 0 Å². The zero-order chi connectivity index (χ0) is 40.8. The van der Waals surface area contributed by atoms with Crippen LogP contribution in [-0.2, 0) is 25.5 Å². The Labute approximate surface area is 328 Å². The summed E-state index contributed by atoms with van der Waals surface area (Å²) in [6, 6.07) is 9.32. The molecule has 0 unspecified atom stereocenters.